The van der Waals surface area contributed by atoms with Crippen molar-refractivity contribution in [1.29, 1.82) is 0 Å². The van der Waals surface area contributed by atoms with E-state index in [4.69, 9.17) is 0 Å². The molecule has 0 saturated heterocycles. The van der Waals surface area contributed by atoms with Crippen LogP contribution in [-0.2, 0) is 0 Å². The Balaban J connectivity index is 4.11. The third-order valence-electron chi connectivity index (χ3n) is 1.43. The second-order valence-corrected chi connectivity index (χ2v) is 2.91. The highest BCUT2D eigenvalue weighted by Gasteiger charge is 1.97. The monoisotopic (exact) mass is 153 g/mol. The second-order valence-electron chi connectivity index (χ2n) is 2.91. The molecule has 0 unspecified atom stereocenters. The van der Waals surface area contributed by atoms with E-state index >= 15 is 0 Å². The van der Waals surface area contributed by atoms with Crippen molar-refractivity contribution < 1.29 is 0 Å². The summed E-state index contributed by atoms with van der Waals surface area (Å²) in [7, 11) is 0. The Morgan fingerprint density at radius 2 is 1.91 bits per heavy atom. The van der Waals surface area contributed by atoms with Crippen LogP contribution in [0.15, 0.2) is 16.8 Å². The van der Waals surface area contributed by atoms with Crippen LogP contribution in [0.25, 0.3) is 0 Å². The average molecular weight is 153 g/mol. The lowest BCUT2D eigenvalue weighted by Crippen LogP contribution is -1.90. The molecule has 0 rings (SSSR count). The molecule has 0 atom stereocenters. The predicted octanol–water partition coefficient (Wildman–Crippen LogP) is 3.42. The first-order valence-electron chi connectivity index (χ1n) is 4.44. The van der Waals surface area contributed by atoms with Gasteiger partial charge in [-0.05, 0) is 18.8 Å². The second kappa shape index (κ2) is 6.14. The van der Waals surface area contributed by atoms with Crippen LogP contribution in [0.2, 0.25) is 0 Å². The topological polar surface area (TPSA) is 12.4 Å². The summed E-state index contributed by atoms with van der Waals surface area (Å²) in [6.07, 6.45) is 6.26. The number of rotatable bonds is 4. The fraction of sp³-hybridized carbons (Fsp3) is 0.700. The molecule has 0 aliphatic heterocycles. The van der Waals surface area contributed by atoms with Gasteiger partial charge in [0.15, 0.2) is 0 Å². The molecule has 0 fully saturated rings. The van der Waals surface area contributed by atoms with Gasteiger partial charge in [-0.1, -0.05) is 33.8 Å². The van der Waals surface area contributed by atoms with Crippen molar-refractivity contribution in [3.63, 3.8) is 0 Å². The Morgan fingerprint density at radius 1 is 1.27 bits per heavy atom. The van der Waals surface area contributed by atoms with E-state index in [0.29, 0.717) is 5.92 Å². The summed E-state index contributed by atoms with van der Waals surface area (Å²) in [6, 6.07) is 0. The van der Waals surface area contributed by atoms with E-state index in [-0.39, 0.29) is 0 Å². The summed E-state index contributed by atoms with van der Waals surface area (Å²) in [5.74, 6) is 0.553. The zero-order valence-electron chi connectivity index (χ0n) is 8.09. The van der Waals surface area contributed by atoms with Crippen LogP contribution in [0.3, 0.4) is 0 Å². The summed E-state index contributed by atoms with van der Waals surface area (Å²) < 4.78 is 0. The quantitative estimate of drug-likeness (QED) is 0.549. The third-order valence-corrected chi connectivity index (χ3v) is 1.43. The lowest BCUT2D eigenvalue weighted by molar-refractivity contribution is 0.752. The van der Waals surface area contributed by atoms with Crippen LogP contribution in [0.5, 0.6) is 0 Å². The molecule has 0 radical (unpaired) electrons. The van der Waals surface area contributed by atoms with Gasteiger partial charge in [-0.15, -0.1) is 0 Å². The molecule has 0 saturated carbocycles. The minimum atomic E-state index is 0.553. The van der Waals surface area contributed by atoms with Crippen LogP contribution >= 0.6 is 0 Å². The molecule has 0 heterocycles. The molecular weight excluding hydrogens is 134 g/mol. The maximum atomic E-state index is 4.37. The van der Waals surface area contributed by atoms with Crippen molar-refractivity contribution in [3.8, 4) is 0 Å². The van der Waals surface area contributed by atoms with Gasteiger partial charge in [0.1, 0.15) is 0 Å². The van der Waals surface area contributed by atoms with E-state index in [0.717, 1.165) is 12.8 Å². The van der Waals surface area contributed by atoms with Gasteiger partial charge in [-0.2, -0.15) is 0 Å². The first-order chi connectivity index (χ1) is 5.22. The summed E-state index contributed by atoms with van der Waals surface area (Å²) in [5.41, 5.74) is 1.22. The molecule has 0 aromatic heterocycles. The minimum Gasteiger partial charge on any atom is -0.266 e. The van der Waals surface area contributed by atoms with Crippen molar-refractivity contribution in [2.45, 2.75) is 40.5 Å². The maximum Gasteiger partial charge on any atom is 0.0385 e. The van der Waals surface area contributed by atoms with Gasteiger partial charge < -0.3 is 0 Å². The SMILES string of the molecule is CC/C=N\C(=C/CC)C(C)C. The Kier molecular flexibility index (Phi) is 5.81. The highest BCUT2D eigenvalue weighted by Crippen LogP contribution is 2.10. The number of allylic oxidation sites excluding steroid dienone is 2. The average Bonchev–Trinajstić information content (AvgIpc) is 1.97. The minimum absolute atomic E-state index is 0.553. The van der Waals surface area contributed by atoms with Crippen molar-refractivity contribution in [1.82, 2.24) is 0 Å². The van der Waals surface area contributed by atoms with Gasteiger partial charge in [0.25, 0.3) is 0 Å². The third kappa shape index (κ3) is 4.77. The number of aliphatic imine (C=N–C) groups is 1. The summed E-state index contributed by atoms with van der Waals surface area (Å²) in [6.45, 7) is 8.60. The number of hydrogen-bond acceptors (Lipinski definition) is 1. The zero-order valence-corrected chi connectivity index (χ0v) is 8.09. The van der Waals surface area contributed by atoms with Crippen molar-refractivity contribution in [3.05, 3.63) is 11.8 Å². The molecule has 0 amide bonds. The molecule has 0 spiro atoms. The van der Waals surface area contributed by atoms with Gasteiger partial charge in [-0.3, -0.25) is 4.99 Å². The Labute approximate surface area is 70.2 Å². The predicted molar refractivity (Wildman–Crippen MR) is 52.0 cm³/mol. The maximum absolute atomic E-state index is 4.37. The van der Waals surface area contributed by atoms with E-state index in [1.54, 1.807) is 0 Å². The highest BCUT2D eigenvalue weighted by molar-refractivity contribution is 5.58. The molecule has 0 aromatic carbocycles. The smallest absolute Gasteiger partial charge is 0.0385 e. The Hall–Kier alpha value is -0.590. The molecule has 0 aromatic rings. The lowest BCUT2D eigenvalue weighted by Gasteiger charge is -2.03. The summed E-state index contributed by atoms with van der Waals surface area (Å²) in [4.78, 5) is 4.37. The lowest BCUT2D eigenvalue weighted by atomic mass is 10.1. The summed E-state index contributed by atoms with van der Waals surface area (Å²) >= 11 is 0. The van der Waals surface area contributed by atoms with Crippen LogP contribution < -0.4 is 0 Å². The first-order valence-corrected chi connectivity index (χ1v) is 4.44. The van der Waals surface area contributed by atoms with Gasteiger partial charge in [0.05, 0.1) is 0 Å². The van der Waals surface area contributed by atoms with Gasteiger partial charge in [-0.25, -0.2) is 0 Å². The van der Waals surface area contributed by atoms with E-state index in [9.17, 15) is 0 Å². The Morgan fingerprint density at radius 3 is 2.27 bits per heavy atom. The van der Waals surface area contributed by atoms with Crippen molar-refractivity contribution >= 4 is 6.21 Å². The molecule has 11 heavy (non-hydrogen) atoms. The molecule has 0 aliphatic rings. The standard InChI is InChI=1S/C10H19N/c1-5-7-10(9(3)4)11-8-6-2/h7-9H,5-6H2,1-4H3/b10-7-,11-8-. The molecule has 0 aliphatic carbocycles. The van der Waals surface area contributed by atoms with E-state index in [2.05, 4.69) is 38.8 Å². The highest BCUT2D eigenvalue weighted by atomic mass is 14.7. The molecule has 1 nitrogen and oxygen atoms in total. The molecule has 0 bridgehead atoms. The normalized spacial score (nSPS) is 13.4. The molecule has 1 heteroatoms. The van der Waals surface area contributed by atoms with Gasteiger partial charge in [0.2, 0.25) is 0 Å². The van der Waals surface area contributed by atoms with Gasteiger partial charge in [0, 0.05) is 11.9 Å². The molecular formula is C10H19N. The fourth-order valence-electron chi connectivity index (χ4n) is 0.843. The van der Waals surface area contributed by atoms with Crippen LogP contribution in [-0.4, -0.2) is 6.21 Å². The van der Waals surface area contributed by atoms with Crippen LogP contribution in [0.4, 0.5) is 0 Å². The first kappa shape index (κ1) is 10.4. The largest absolute Gasteiger partial charge is 0.266 e. The van der Waals surface area contributed by atoms with E-state index < -0.39 is 0 Å². The van der Waals surface area contributed by atoms with E-state index in [1.807, 2.05) is 6.21 Å². The van der Waals surface area contributed by atoms with Crippen molar-refractivity contribution in [2.24, 2.45) is 10.9 Å². The molecule has 0 N–H and O–H groups in total. The number of nitrogens with zero attached hydrogens (tertiary/aromatic N) is 1. The van der Waals surface area contributed by atoms with Crippen LogP contribution in [0.1, 0.15) is 40.5 Å². The fourth-order valence-corrected chi connectivity index (χ4v) is 0.843. The van der Waals surface area contributed by atoms with Gasteiger partial charge >= 0.3 is 0 Å². The van der Waals surface area contributed by atoms with Crippen molar-refractivity contribution in [2.75, 3.05) is 0 Å². The van der Waals surface area contributed by atoms with E-state index in [1.165, 1.54) is 5.70 Å². The zero-order chi connectivity index (χ0) is 8.69. The van der Waals surface area contributed by atoms with Crippen LogP contribution in [0, 0.1) is 5.92 Å². The number of hydrogen-bond donors (Lipinski definition) is 0. The Bertz CT molecular complexity index is 143. The summed E-state index contributed by atoms with van der Waals surface area (Å²) in [5, 5.41) is 0. The molecule has 64 valence electrons.